The minimum atomic E-state index is -2.69. The SMILES string of the molecule is COCC1CCCN1c1ccc2nnc(C(F)F)n2n1. The van der Waals surface area contributed by atoms with Gasteiger partial charge in [-0.05, 0) is 25.0 Å². The Bertz CT molecular complexity index is 603. The summed E-state index contributed by atoms with van der Waals surface area (Å²) in [6, 6.07) is 3.67. The van der Waals surface area contributed by atoms with Gasteiger partial charge in [-0.2, -0.15) is 4.52 Å². The van der Waals surface area contributed by atoms with Crippen molar-refractivity contribution in [2.24, 2.45) is 0 Å². The first-order valence-corrected chi connectivity index (χ1v) is 6.47. The van der Waals surface area contributed by atoms with Crippen LogP contribution in [0, 0.1) is 0 Å². The fourth-order valence-electron chi connectivity index (χ4n) is 2.59. The molecule has 1 atom stereocenters. The van der Waals surface area contributed by atoms with Gasteiger partial charge in [0.05, 0.1) is 12.6 Å². The van der Waals surface area contributed by atoms with Crippen LogP contribution in [-0.2, 0) is 4.74 Å². The van der Waals surface area contributed by atoms with Gasteiger partial charge in [0, 0.05) is 13.7 Å². The number of fused-ring (bicyclic) bond motifs is 1. The van der Waals surface area contributed by atoms with E-state index in [4.69, 9.17) is 4.74 Å². The molecule has 1 unspecified atom stereocenters. The van der Waals surface area contributed by atoms with E-state index in [1.165, 1.54) is 0 Å². The number of halogens is 2. The van der Waals surface area contributed by atoms with Crippen molar-refractivity contribution in [3.63, 3.8) is 0 Å². The highest BCUT2D eigenvalue weighted by molar-refractivity contribution is 5.47. The van der Waals surface area contributed by atoms with Gasteiger partial charge in [0.1, 0.15) is 5.82 Å². The van der Waals surface area contributed by atoms with Crippen LogP contribution in [0.3, 0.4) is 0 Å². The van der Waals surface area contributed by atoms with Crippen molar-refractivity contribution < 1.29 is 13.5 Å². The summed E-state index contributed by atoms with van der Waals surface area (Å²) in [6.45, 7) is 1.45. The van der Waals surface area contributed by atoms with Crippen molar-refractivity contribution in [3.8, 4) is 0 Å². The van der Waals surface area contributed by atoms with Gasteiger partial charge in [0.15, 0.2) is 5.65 Å². The smallest absolute Gasteiger partial charge is 0.299 e. The Hall–Kier alpha value is -1.83. The van der Waals surface area contributed by atoms with Crippen LogP contribution in [-0.4, -0.2) is 46.1 Å². The number of hydrogen-bond donors (Lipinski definition) is 0. The van der Waals surface area contributed by atoms with Crippen molar-refractivity contribution >= 4 is 11.5 Å². The van der Waals surface area contributed by atoms with E-state index >= 15 is 0 Å². The molecular weight excluding hydrogens is 268 g/mol. The molecule has 3 rings (SSSR count). The largest absolute Gasteiger partial charge is 0.383 e. The summed E-state index contributed by atoms with van der Waals surface area (Å²) in [4.78, 5) is 2.08. The zero-order valence-corrected chi connectivity index (χ0v) is 11.0. The van der Waals surface area contributed by atoms with E-state index < -0.39 is 12.2 Å². The summed E-state index contributed by atoms with van der Waals surface area (Å²) in [6.07, 6.45) is -0.643. The summed E-state index contributed by atoms with van der Waals surface area (Å²) in [5.41, 5.74) is 0.325. The zero-order chi connectivity index (χ0) is 14.1. The molecule has 0 amide bonds. The molecule has 8 heteroatoms. The van der Waals surface area contributed by atoms with Gasteiger partial charge in [-0.1, -0.05) is 0 Å². The van der Waals surface area contributed by atoms with E-state index in [9.17, 15) is 8.78 Å². The van der Waals surface area contributed by atoms with Crippen LogP contribution in [0.1, 0.15) is 25.1 Å². The molecular formula is C12H15F2N5O. The van der Waals surface area contributed by atoms with E-state index in [2.05, 4.69) is 20.2 Å². The van der Waals surface area contributed by atoms with Crippen LogP contribution in [0.2, 0.25) is 0 Å². The van der Waals surface area contributed by atoms with Crippen molar-refractivity contribution in [1.29, 1.82) is 0 Å². The highest BCUT2D eigenvalue weighted by Gasteiger charge is 2.26. The van der Waals surface area contributed by atoms with Gasteiger partial charge < -0.3 is 9.64 Å². The summed E-state index contributed by atoms with van der Waals surface area (Å²) >= 11 is 0. The molecule has 0 spiro atoms. The van der Waals surface area contributed by atoms with E-state index in [0.717, 1.165) is 23.9 Å². The van der Waals surface area contributed by atoms with E-state index in [-0.39, 0.29) is 6.04 Å². The first-order chi connectivity index (χ1) is 9.70. The number of ether oxygens (including phenoxy) is 1. The Balaban J connectivity index is 1.97. The van der Waals surface area contributed by atoms with Crippen LogP contribution in [0.15, 0.2) is 12.1 Å². The van der Waals surface area contributed by atoms with Gasteiger partial charge in [-0.3, -0.25) is 0 Å². The average Bonchev–Trinajstić information content (AvgIpc) is 3.04. The third-order valence-electron chi connectivity index (χ3n) is 3.50. The molecule has 2 aromatic rings. The van der Waals surface area contributed by atoms with Gasteiger partial charge in [-0.25, -0.2) is 8.78 Å². The second-order valence-corrected chi connectivity index (χ2v) is 4.77. The second-order valence-electron chi connectivity index (χ2n) is 4.77. The number of alkyl halides is 2. The molecule has 1 aliphatic rings. The van der Waals surface area contributed by atoms with Gasteiger partial charge in [-0.15, -0.1) is 15.3 Å². The Morgan fingerprint density at radius 1 is 1.40 bits per heavy atom. The highest BCUT2D eigenvalue weighted by Crippen LogP contribution is 2.25. The van der Waals surface area contributed by atoms with Crippen molar-refractivity contribution in [2.75, 3.05) is 25.2 Å². The molecule has 0 N–H and O–H groups in total. The summed E-state index contributed by atoms with van der Waals surface area (Å²) in [7, 11) is 1.65. The first kappa shape index (κ1) is 13.2. The topological polar surface area (TPSA) is 55.5 Å². The third kappa shape index (κ3) is 2.20. The maximum absolute atomic E-state index is 12.8. The molecule has 0 aliphatic carbocycles. The Morgan fingerprint density at radius 2 is 2.25 bits per heavy atom. The fourth-order valence-corrected chi connectivity index (χ4v) is 2.59. The van der Waals surface area contributed by atoms with Crippen molar-refractivity contribution in [2.45, 2.75) is 25.3 Å². The number of methoxy groups -OCH3 is 1. The number of nitrogens with zero attached hydrogens (tertiary/aromatic N) is 5. The minimum Gasteiger partial charge on any atom is -0.383 e. The van der Waals surface area contributed by atoms with Crippen LogP contribution < -0.4 is 4.90 Å². The predicted octanol–water partition coefficient (Wildman–Crippen LogP) is 1.68. The molecule has 1 fully saturated rings. The molecule has 3 heterocycles. The number of anilines is 1. The number of hydrogen-bond acceptors (Lipinski definition) is 5. The normalized spacial score (nSPS) is 19.4. The molecule has 0 saturated carbocycles. The molecule has 6 nitrogen and oxygen atoms in total. The van der Waals surface area contributed by atoms with E-state index in [0.29, 0.717) is 18.1 Å². The predicted molar refractivity (Wildman–Crippen MR) is 68.0 cm³/mol. The van der Waals surface area contributed by atoms with Gasteiger partial charge in [0.2, 0.25) is 5.82 Å². The molecule has 0 aromatic carbocycles. The number of aromatic nitrogens is 4. The van der Waals surface area contributed by atoms with Crippen LogP contribution >= 0.6 is 0 Å². The fraction of sp³-hybridized carbons (Fsp3) is 0.583. The highest BCUT2D eigenvalue weighted by atomic mass is 19.3. The lowest BCUT2D eigenvalue weighted by Crippen LogP contribution is -2.33. The molecule has 0 bridgehead atoms. The Morgan fingerprint density at radius 3 is 3.00 bits per heavy atom. The molecule has 20 heavy (non-hydrogen) atoms. The molecule has 2 aromatic heterocycles. The lowest BCUT2D eigenvalue weighted by atomic mass is 10.2. The molecule has 0 radical (unpaired) electrons. The van der Waals surface area contributed by atoms with E-state index in [1.54, 1.807) is 19.2 Å². The van der Waals surface area contributed by atoms with Crippen LogP contribution in [0.25, 0.3) is 5.65 Å². The summed E-state index contributed by atoms with van der Waals surface area (Å²) in [5.74, 6) is 0.225. The Kier molecular flexibility index (Phi) is 3.47. The van der Waals surface area contributed by atoms with Gasteiger partial charge in [0.25, 0.3) is 6.43 Å². The van der Waals surface area contributed by atoms with Crippen molar-refractivity contribution in [3.05, 3.63) is 18.0 Å². The molecule has 108 valence electrons. The quantitative estimate of drug-likeness (QED) is 0.854. The third-order valence-corrected chi connectivity index (χ3v) is 3.50. The van der Waals surface area contributed by atoms with Crippen LogP contribution in [0.5, 0.6) is 0 Å². The molecule has 1 saturated heterocycles. The Labute approximate surface area is 114 Å². The first-order valence-electron chi connectivity index (χ1n) is 6.47. The van der Waals surface area contributed by atoms with Crippen molar-refractivity contribution in [1.82, 2.24) is 19.8 Å². The summed E-state index contributed by atoms with van der Waals surface area (Å²) < 4.78 is 32.0. The minimum absolute atomic E-state index is 0.233. The zero-order valence-electron chi connectivity index (χ0n) is 11.0. The standard InChI is InChI=1S/C12H15F2N5O/c1-20-7-8-3-2-6-18(8)10-5-4-9-15-16-12(11(13)14)19(9)17-10/h4-5,8,11H,2-3,6-7H2,1H3. The average molecular weight is 283 g/mol. The summed E-state index contributed by atoms with van der Waals surface area (Å²) in [5, 5.41) is 11.4. The maximum Gasteiger partial charge on any atom is 0.299 e. The van der Waals surface area contributed by atoms with Gasteiger partial charge >= 0.3 is 0 Å². The monoisotopic (exact) mass is 283 g/mol. The maximum atomic E-state index is 12.8. The lowest BCUT2D eigenvalue weighted by Gasteiger charge is -2.24. The number of rotatable bonds is 4. The molecule has 1 aliphatic heterocycles. The van der Waals surface area contributed by atoms with E-state index in [1.807, 2.05) is 0 Å². The lowest BCUT2D eigenvalue weighted by molar-refractivity contribution is 0.137. The second kappa shape index (κ2) is 5.28. The van der Waals surface area contributed by atoms with Crippen LogP contribution in [0.4, 0.5) is 14.6 Å².